The van der Waals surface area contributed by atoms with Crippen LogP contribution in [0.1, 0.15) is 19.3 Å². The molecule has 2 rings (SSSR count). The van der Waals surface area contributed by atoms with Gasteiger partial charge in [0.25, 0.3) is 0 Å². The van der Waals surface area contributed by atoms with E-state index in [0.717, 1.165) is 17.9 Å². The average molecular weight is 222 g/mol. The molecule has 1 aliphatic carbocycles. The zero-order chi connectivity index (χ0) is 10.7. The van der Waals surface area contributed by atoms with Crippen LogP contribution in [0.25, 0.3) is 0 Å². The molecule has 1 aromatic rings. The molecule has 0 aromatic heterocycles. The minimum absolute atomic E-state index is 0.461. The van der Waals surface area contributed by atoms with Crippen molar-refractivity contribution >= 4 is 23.1 Å². The monoisotopic (exact) mass is 222 g/mol. The molecule has 0 heterocycles. The third-order valence-corrected chi connectivity index (χ3v) is 4.68. The van der Waals surface area contributed by atoms with Gasteiger partial charge in [0, 0.05) is 11.3 Å². The molecular weight excluding hydrogens is 204 g/mol. The summed E-state index contributed by atoms with van der Waals surface area (Å²) in [5.74, 6) is 0. The number of rotatable bonds is 4. The van der Waals surface area contributed by atoms with Crippen LogP contribution >= 0.6 is 11.8 Å². The molecular formula is C12H18N2S. The number of hydrogen-bond acceptors (Lipinski definition) is 3. The van der Waals surface area contributed by atoms with Crippen molar-refractivity contribution in [3.8, 4) is 0 Å². The highest BCUT2D eigenvalue weighted by atomic mass is 32.2. The number of para-hydroxylation sites is 2. The third kappa shape index (κ3) is 2.23. The molecule has 82 valence electrons. The normalized spacial score (nSPS) is 18.2. The second kappa shape index (κ2) is 4.35. The van der Waals surface area contributed by atoms with Crippen LogP contribution in [0.15, 0.2) is 24.3 Å². The molecule has 0 atom stereocenters. The maximum atomic E-state index is 5.88. The molecule has 0 amide bonds. The van der Waals surface area contributed by atoms with Crippen molar-refractivity contribution in [1.29, 1.82) is 0 Å². The minimum Gasteiger partial charge on any atom is -0.397 e. The quantitative estimate of drug-likeness (QED) is 0.769. The van der Waals surface area contributed by atoms with Crippen molar-refractivity contribution in [2.24, 2.45) is 0 Å². The Morgan fingerprint density at radius 2 is 2.13 bits per heavy atom. The minimum atomic E-state index is 0.461. The molecule has 0 saturated heterocycles. The summed E-state index contributed by atoms with van der Waals surface area (Å²) in [6.07, 6.45) is 6.23. The van der Waals surface area contributed by atoms with Crippen LogP contribution < -0.4 is 11.1 Å². The summed E-state index contributed by atoms with van der Waals surface area (Å²) in [5.41, 5.74) is 7.79. The lowest BCUT2D eigenvalue weighted by Crippen LogP contribution is -2.40. The van der Waals surface area contributed by atoms with E-state index in [0.29, 0.717) is 4.75 Å². The summed E-state index contributed by atoms with van der Waals surface area (Å²) < 4.78 is 0.461. The predicted molar refractivity (Wildman–Crippen MR) is 69.4 cm³/mol. The van der Waals surface area contributed by atoms with Crippen LogP contribution in [0.5, 0.6) is 0 Å². The molecule has 0 aliphatic heterocycles. The van der Waals surface area contributed by atoms with Gasteiger partial charge in [0.1, 0.15) is 0 Å². The Hall–Kier alpha value is -0.830. The Morgan fingerprint density at radius 3 is 2.67 bits per heavy atom. The molecule has 0 bridgehead atoms. The fraction of sp³-hybridized carbons (Fsp3) is 0.500. The topological polar surface area (TPSA) is 38.0 Å². The smallest absolute Gasteiger partial charge is 0.0574 e. The Balaban J connectivity index is 1.95. The third-order valence-electron chi connectivity index (χ3n) is 3.26. The second-order valence-corrected chi connectivity index (χ2v) is 5.46. The molecule has 2 nitrogen and oxygen atoms in total. The van der Waals surface area contributed by atoms with Crippen molar-refractivity contribution < 1.29 is 0 Å². The summed E-state index contributed by atoms with van der Waals surface area (Å²) in [7, 11) is 0. The molecule has 0 spiro atoms. The van der Waals surface area contributed by atoms with E-state index >= 15 is 0 Å². The molecule has 0 unspecified atom stereocenters. The standard InChI is InChI=1S/C12H18N2S/c1-15-12(7-4-8-12)9-14-11-6-3-2-5-10(11)13/h2-3,5-6,14H,4,7-9,13H2,1H3. The maximum absolute atomic E-state index is 5.88. The number of benzene rings is 1. The molecule has 0 radical (unpaired) electrons. The van der Waals surface area contributed by atoms with Crippen molar-refractivity contribution in [2.45, 2.75) is 24.0 Å². The number of hydrogen-bond donors (Lipinski definition) is 2. The van der Waals surface area contributed by atoms with Crippen LogP contribution in [-0.4, -0.2) is 17.5 Å². The van der Waals surface area contributed by atoms with E-state index in [1.54, 1.807) is 0 Å². The van der Waals surface area contributed by atoms with E-state index in [1.165, 1.54) is 19.3 Å². The summed E-state index contributed by atoms with van der Waals surface area (Å²) in [6, 6.07) is 7.97. The largest absolute Gasteiger partial charge is 0.397 e. The van der Waals surface area contributed by atoms with E-state index in [4.69, 9.17) is 5.73 Å². The Kier molecular flexibility index (Phi) is 3.10. The predicted octanol–water partition coefficient (Wildman–Crippen LogP) is 2.97. The highest BCUT2D eigenvalue weighted by molar-refractivity contribution is 8.00. The van der Waals surface area contributed by atoms with E-state index in [-0.39, 0.29) is 0 Å². The fourth-order valence-electron chi connectivity index (χ4n) is 1.94. The lowest BCUT2D eigenvalue weighted by atomic mass is 9.84. The molecule has 3 heteroatoms. The van der Waals surface area contributed by atoms with Crippen LogP contribution in [0.4, 0.5) is 11.4 Å². The Morgan fingerprint density at radius 1 is 1.40 bits per heavy atom. The first kappa shape index (κ1) is 10.7. The van der Waals surface area contributed by atoms with Gasteiger partial charge in [-0.1, -0.05) is 18.6 Å². The summed E-state index contributed by atoms with van der Waals surface area (Å²) in [5, 5.41) is 3.46. The Bertz CT molecular complexity index is 329. The zero-order valence-corrected chi connectivity index (χ0v) is 9.94. The fourth-order valence-corrected chi connectivity index (χ4v) is 2.85. The van der Waals surface area contributed by atoms with Crippen LogP contribution in [0.2, 0.25) is 0 Å². The van der Waals surface area contributed by atoms with Crippen LogP contribution in [-0.2, 0) is 0 Å². The highest BCUT2D eigenvalue weighted by Crippen LogP contribution is 2.42. The van der Waals surface area contributed by atoms with E-state index < -0.39 is 0 Å². The Labute approximate surface area is 95.6 Å². The van der Waals surface area contributed by atoms with Crippen molar-refractivity contribution in [1.82, 2.24) is 0 Å². The van der Waals surface area contributed by atoms with Crippen molar-refractivity contribution in [3.05, 3.63) is 24.3 Å². The molecule has 15 heavy (non-hydrogen) atoms. The van der Waals surface area contributed by atoms with Gasteiger partial charge in [-0.2, -0.15) is 11.8 Å². The molecule has 1 saturated carbocycles. The van der Waals surface area contributed by atoms with E-state index in [1.807, 2.05) is 36.0 Å². The summed E-state index contributed by atoms with van der Waals surface area (Å²) in [6.45, 7) is 1.03. The highest BCUT2D eigenvalue weighted by Gasteiger charge is 2.35. The molecule has 1 fully saturated rings. The van der Waals surface area contributed by atoms with Gasteiger partial charge >= 0.3 is 0 Å². The van der Waals surface area contributed by atoms with Gasteiger partial charge in [-0.25, -0.2) is 0 Å². The summed E-state index contributed by atoms with van der Waals surface area (Å²) >= 11 is 1.98. The van der Waals surface area contributed by atoms with Gasteiger partial charge in [-0.3, -0.25) is 0 Å². The number of nitrogens with one attached hydrogen (secondary N) is 1. The van der Waals surface area contributed by atoms with Gasteiger partial charge in [-0.15, -0.1) is 0 Å². The number of nitrogens with two attached hydrogens (primary N) is 1. The van der Waals surface area contributed by atoms with Gasteiger partial charge < -0.3 is 11.1 Å². The van der Waals surface area contributed by atoms with Crippen molar-refractivity contribution in [3.63, 3.8) is 0 Å². The maximum Gasteiger partial charge on any atom is 0.0574 e. The molecule has 1 aromatic carbocycles. The zero-order valence-electron chi connectivity index (χ0n) is 9.12. The first-order valence-corrected chi connectivity index (χ1v) is 6.62. The SMILES string of the molecule is CSC1(CNc2ccccc2N)CCC1. The van der Waals surface area contributed by atoms with Crippen molar-refractivity contribution in [2.75, 3.05) is 23.9 Å². The number of thioether (sulfide) groups is 1. The van der Waals surface area contributed by atoms with E-state index in [9.17, 15) is 0 Å². The molecule has 3 N–H and O–H groups in total. The van der Waals surface area contributed by atoms with Gasteiger partial charge in [0.15, 0.2) is 0 Å². The molecule has 1 aliphatic rings. The first-order chi connectivity index (χ1) is 7.26. The van der Waals surface area contributed by atoms with Gasteiger partial charge in [0.2, 0.25) is 0 Å². The lowest BCUT2D eigenvalue weighted by Gasteiger charge is -2.40. The average Bonchev–Trinajstić information content (AvgIpc) is 2.19. The van der Waals surface area contributed by atoms with Gasteiger partial charge in [0.05, 0.1) is 11.4 Å². The van der Waals surface area contributed by atoms with Gasteiger partial charge in [-0.05, 0) is 31.2 Å². The van der Waals surface area contributed by atoms with Crippen LogP contribution in [0.3, 0.4) is 0 Å². The number of anilines is 2. The first-order valence-electron chi connectivity index (χ1n) is 5.39. The lowest BCUT2D eigenvalue weighted by molar-refractivity contribution is 0.380. The van der Waals surface area contributed by atoms with Crippen LogP contribution in [0, 0.1) is 0 Å². The number of nitrogen functional groups attached to an aromatic ring is 1. The van der Waals surface area contributed by atoms with E-state index in [2.05, 4.69) is 11.6 Å². The summed E-state index contributed by atoms with van der Waals surface area (Å²) in [4.78, 5) is 0. The second-order valence-electron chi connectivity index (χ2n) is 4.18.